The van der Waals surface area contributed by atoms with Crippen molar-refractivity contribution in [2.75, 3.05) is 0 Å². The summed E-state index contributed by atoms with van der Waals surface area (Å²) in [6.45, 7) is 3.28. The summed E-state index contributed by atoms with van der Waals surface area (Å²) in [5.41, 5.74) is -0.143. The fourth-order valence-electron chi connectivity index (χ4n) is 1.01. The highest BCUT2D eigenvalue weighted by Gasteiger charge is 2.14. The minimum Gasteiger partial charge on any atom is -0.545 e. The molecule has 0 spiro atoms. The highest BCUT2D eigenvalue weighted by molar-refractivity contribution is 5.85. The summed E-state index contributed by atoms with van der Waals surface area (Å²) in [5, 5.41) is 19.9. The molecule has 1 rings (SSSR count). The van der Waals surface area contributed by atoms with Crippen molar-refractivity contribution in [3.63, 3.8) is 0 Å². The number of carboxylic acids is 1. The van der Waals surface area contributed by atoms with Gasteiger partial charge in [0.05, 0.1) is 11.6 Å². The van der Waals surface area contributed by atoms with Crippen LogP contribution in [0, 0.1) is 0 Å². The van der Waals surface area contributed by atoms with Gasteiger partial charge < -0.3 is 15.0 Å². The van der Waals surface area contributed by atoms with E-state index >= 15 is 0 Å². The van der Waals surface area contributed by atoms with Crippen molar-refractivity contribution in [3.8, 4) is 0 Å². The number of hydrogen-bond donors (Lipinski definition) is 1. The first-order chi connectivity index (χ1) is 5.91. The van der Waals surface area contributed by atoms with Crippen LogP contribution in [-0.4, -0.2) is 11.1 Å². The molecule has 0 aliphatic carbocycles. The molecule has 0 heterocycles. The predicted molar refractivity (Wildman–Crippen MR) is 46.0 cm³/mol. The molecule has 0 unspecified atom stereocenters. The zero-order valence-electron chi connectivity index (χ0n) is 7.57. The van der Waals surface area contributed by atoms with Gasteiger partial charge >= 0.3 is 0 Å². The zero-order chi connectivity index (χ0) is 10.1. The van der Waals surface area contributed by atoms with E-state index < -0.39 is 11.6 Å². The van der Waals surface area contributed by atoms with E-state index in [-0.39, 0.29) is 5.56 Å². The molecule has 0 aliphatic heterocycles. The second-order valence-corrected chi connectivity index (χ2v) is 3.42. The minimum atomic E-state index is -1.21. The molecule has 70 valence electrons. The van der Waals surface area contributed by atoms with Gasteiger partial charge in [0.25, 0.3) is 0 Å². The molecule has 3 heteroatoms. The van der Waals surface area contributed by atoms with E-state index in [9.17, 15) is 15.0 Å². The van der Waals surface area contributed by atoms with Crippen molar-refractivity contribution in [3.05, 3.63) is 35.4 Å². The molecule has 1 N–H and O–H groups in total. The average molecular weight is 179 g/mol. The maximum absolute atomic E-state index is 10.4. The molecule has 3 nitrogen and oxygen atoms in total. The van der Waals surface area contributed by atoms with Crippen LogP contribution in [-0.2, 0) is 5.60 Å². The molecule has 1 aromatic carbocycles. The Bertz CT molecular complexity index is 306. The van der Waals surface area contributed by atoms with Crippen LogP contribution in [0.25, 0.3) is 0 Å². The third kappa shape index (κ3) is 2.29. The van der Waals surface area contributed by atoms with Gasteiger partial charge in [0, 0.05) is 0 Å². The first-order valence-electron chi connectivity index (χ1n) is 3.95. The Balaban J connectivity index is 3.01. The first kappa shape index (κ1) is 9.74. The van der Waals surface area contributed by atoms with Crippen molar-refractivity contribution >= 4 is 5.97 Å². The van der Waals surface area contributed by atoms with Crippen LogP contribution < -0.4 is 5.11 Å². The monoisotopic (exact) mass is 179 g/mol. The van der Waals surface area contributed by atoms with Crippen molar-refractivity contribution in [1.29, 1.82) is 0 Å². The van der Waals surface area contributed by atoms with E-state index in [1.54, 1.807) is 26.0 Å². The van der Waals surface area contributed by atoms with E-state index in [1.807, 2.05) is 0 Å². The number of carbonyl (C=O) groups excluding carboxylic acids is 1. The molecule has 0 radical (unpaired) electrons. The molecule has 0 saturated carbocycles. The minimum absolute atomic E-state index is 0.119. The maximum atomic E-state index is 10.4. The van der Waals surface area contributed by atoms with Crippen molar-refractivity contribution in [1.82, 2.24) is 0 Å². The topological polar surface area (TPSA) is 60.4 Å². The third-order valence-corrected chi connectivity index (χ3v) is 1.83. The van der Waals surface area contributed by atoms with Crippen LogP contribution in [0.4, 0.5) is 0 Å². The molecule has 0 atom stereocenters. The fourth-order valence-corrected chi connectivity index (χ4v) is 1.01. The maximum Gasteiger partial charge on any atom is 0.0840 e. The molecule has 0 aliphatic rings. The Labute approximate surface area is 76.6 Å². The lowest BCUT2D eigenvalue weighted by molar-refractivity contribution is -0.255. The predicted octanol–water partition coefficient (Wildman–Crippen LogP) is 0.277. The smallest absolute Gasteiger partial charge is 0.0840 e. The van der Waals surface area contributed by atoms with Gasteiger partial charge in [-0.15, -0.1) is 0 Å². The largest absolute Gasteiger partial charge is 0.545 e. The van der Waals surface area contributed by atoms with E-state index in [1.165, 1.54) is 12.1 Å². The van der Waals surface area contributed by atoms with Crippen LogP contribution >= 0.6 is 0 Å². The summed E-state index contributed by atoms with van der Waals surface area (Å²) >= 11 is 0. The summed E-state index contributed by atoms with van der Waals surface area (Å²) in [4.78, 5) is 10.4. The molecule has 1 aromatic rings. The molecule has 0 fully saturated rings. The lowest BCUT2D eigenvalue weighted by Crippen LogP contribution is -2.22. The summed E-state index contributed by atoms with van der Waals surface area (Å²) in [6.07, 6.45) is 0. The van der Waals surface area contributed by atoms with E-state index in [2.05, 4.69) is 0 Å². The number of aromatic carboxylic acids is 1. The van der Waals surface area contributed by atoms with E-state index in [0.717, 1.165) is 0 Å². The van der Waals surface area contributed by atoms with E-state index in [0.29, 0.717) is 5.56 Å². The quantitative estimate of drug-likeness (QED) is 0.709. The molecular weight excluding hydrogens is 168 g/mol. The van der Waals surface area contributed by atoms with Gasteiger partial charge in [0.1, 0.15) is 0 Å². The van der Waals surface area contributed by atoms with Crippen LogP contribution in [0.3, 0.4) is 0 Å². The number of aliphatic hydroxyl groups is 1. The van der Waals surface area contributed by atoms with E-state index in [4.69, 9.17) is 0 Å². The number of rotatable bonds is 2. The van der Waals surface area contributed by atoms with Crippen molar-refractivity contribution in [2.45, 2.75) is 19.4 Å². The molecule has 0 bridgehead atoms. The van der Waals surface area contributed by atoms with Gasteiger partial charge in [0.15, 0.2) is 0 Å². The normalized spacial score (nSPS) is 11.3. The SMILES string of the molecule is CC(C)(O)c1ccc(C(=O)[O-])cc1. The van der Waals surface area contributed by atoms with Crippen molar-refractivity contribution < 1.29 is 15.0 Å². The van der Waals surface area contributed by atoms with Gasteiger partial charge in [-0.3, -0.25) is 0 Å². The Morgan fingerprint density at radius 3 is 2.08 bits per heavy atom. The summed E-state index contributed by atoms with van der Waals surface area (Å²) < 4.78 is 0. The number of hydrogen-bond acceptors (Lipinski definition) is 3. The lowest BCUT2D eigenvalue weighted by Gasteiger charge is -2.17. The zero-order valence-corrected chi connectivity index (χ0v) is 7.57. The van der Waals surface area contributed by atoms with Crippen LogP contribution in [0.1, 0.15) is 29.8 Å². The van der Waals surface area contributed by atoms with Crippen LogP contribution in [0.15, 0.2) is 24.3 Å². The van der Waals surface area contributed by atoms with Crippen LogP contribution in [0.2, 0.25) is 0 Å². The van der Waals surface area contributed by atoms with Gasteiger partial charge in [-0.1, -0.05) is 24.3 Å². The lowest BCUT2D eigenvalue weighted by atomic mass is 9.97. The number of benzene rings is 1. The second kappa shape index (κ2) is 3.18. The standard InChI is InChI=1S/C10H12O3/c1-10(2,13)8-5-3-7(4-6-8)9(11)12/h3-6,13H,1-2H3,(H,11,12)/p-1. The number of carbonyl (C=O) groups is 1. The van der Waals surface area contributed by atoms with Gasteiger partial charge in [-0.05, 0) is 25.0 Å². The second-order valence-electron chi connectivity index (χ2n) is 3.42. The molecule has 0 aromatic heterocycles. The molecule has 0 saturated heterocycles. The van der Waals surface area contributed by atoms with Gasteiger partial charge in [-0.25, -0.2) is 0 Å². The fraction of sp³-hybridized carbons (Fsp3) is 0.300. The highest BCUT2D eigenvalue weighted by atomic mass is 16.4. The third-order valence-electron chi connectivity index (χ3n) is 1.83. The summed E-state index contributed by atoms with van der Waals surface area (Å²) in [7, 11) is 0. The van der Waals surface area contributed by atoms with Crippen molar-refractivity contribution in [2.24, 2.45) is 0 Å². The molecular formula is C10H11O3-. The first-order valence-corrected chi connectivity index (χ1v) is 3.95. The Kier molecular flexibility index (Phi) is 2.38. The van der Waals surface area contributed by atoms with Gasteiger partial charge in [-0.2, -0.15) is 0 Å². The molecule has 13 heavy (non-hydrogen) atoms. The average Bonchev–Trinajstić information content (AvgIpc) is 2.03. The Hall–Kier alpha value is -1.35. The van der Waals surface area contributed by atoms with Gasteiger partial charge in [0.2, 0.25) is 0 Å². The Morgan fingerprint density at radius 1 is 1.31 bits per heavy atom. The number of carboxylic acid groups (broad SMARTS) is 1. The highest BCUT2D eigenvalue weighted by Crippen LogP contribution is 2.19. The summed E-state index contributed by atoms with van der Waals surface area (Å²) in [5.74, 6) is -1.21. The molecule has 0 amide bonds. The Morgan fingerprint density at radius 2 is 1.77 bits per heavy atom. The van der Waals surface area contributed by atoms with Crippen LogP contribution in [0.5, 0.6) is 0 Å². The summed E-state index contributed by atoms with van der Waals surface area (Å²) in [6, 6.07) is 5.99.